The molecule has 3 aromatic carbocycles. The van der Waals surface area contributed by atoms with Crippen molar-refractivity contribution >= 4 is 28.7 Å². The number of aryl methyl sites for hydroxylation is 1. The molecule has 0 radical (unpaired) electrons. The van der Waals surface area contributed by atoms with E-state index in [1.807, 2.05) is 0 Å². The Hall–Kier alpha value is -5.32. The minimum absolute atomic E-state index is 0.00784. The maximum Gasteiger partial charge on any atom is 0.416 e. The smallest absolute Gasteiger partial charge is 0.416 e. The summed E-state index contributed by atoms with van der Waals surface area (Å²) in [6.07, 6.45) is -10.8. The maximum atomic E-state index is 13.1. The number of benzene rings is 3. The highest BCUT2D eigenvalue weighted by Gasteiger charge is 2.53. The first kappa shape index (κ1) is 35.0. The Kier molecular flexibility index (Phi) is 9.50. The van der Waals surface area contributed by atoms with Crippen molar-refractivity contribution in [3.05, 3.63) is 87.8 Å². The SMILES string of the molecule is CO[C@@H]1[C@@H](OC(N)=O)[C@@H](O)[C@H](Oc2ccc3c(O)c(NC(=O)c4cccc(Oc5ccc(C(F)(F)F)cc5)c4)c(=O)oc3c2C)OC1(C)C. The molecule has 0 saturated carbocycles. The van der Waals surface area contributed by atoms with Crippen LogP contribution in [0.4, 0.5) is 23.7 Å². The molecular weight excluding hydrogens is 657 g/mol. The molecule has 1 aliphatic rings. The summed E-state index contributed by atoms with van der Waals surface area (Å²) in [6, 6.07) is 12.3. The third-order valence-corrected chi connectivity index (χ3v) is 7.77. The zero-order valence-corrected chi connectivity index (χ0v) is 26.4. The number of ether oxygens (including phenoxy) is 5. The maximum absolute atomic E-state index is 13.1. The predicted octanol–water partition coefficient (Wildman–Crippen LogP) is 5.22. The van der Waals surface area contributed by atoms with Crippen molar-refractivity contribution in [3.63, 3.8) is 0 Å². The lowest BCUT2D eigenvalue weighted by molar-refractivity contribution is -0.304. The molecule has 4 aromatic rings. The quantitative estimate of drug-likeness (QED) is 0.178. The number of methoxy groups -OCH3 is 1. The van der Waals surface area contributed by atoms with E-state index in [0.717, 1.165) is 24.3 Å². The third kappa shape index (κ3) is 7.25. The summed E-state index contributed by atoms with van der Waals surface area (Å²) in [5.41, 5.74) is 1.64. The van der Waals surface area contributed by atoms with Crippen LogP contribution in [0.25, 0.3) is 11.0 Å². The average Bonchev–Trinajstić information content (AvgIpc) is 3.02. The number of rotatable bonds is 8. The van der Waals surface area contributed by atoms with E-state index in [-0.39, 0.29) is 39.3 Å². The number of primary amides is 1. The van der Waals surface area contributed by atoms with Crippen molar-refractivity contribution in [2.45, 2.75) is 57.2 Å². The number of nitrogens with two attached hydrogens (primary N) is 1. The van der Waals surface area contributed by atoms with Gasteiger partial charge < -0.3 is 49.4 Å². The fourth-order valence-corrected chi connectivity index (χ4v) is 5.41. The van der Waals surface area contributed by atoms with Gasteiger partial charge in [-0.25, -0.2) is 9.59 Å². The largest absolute Gasteiger partial charge is 0.505 e. The molecule has 1 aliphatic heterocycles. The minimum atomic E-state index is -4.51. The molecular formula is C33H31F3N2O11. The lowest BCUT2D eigenvalue weighted by atomic mass is 9.89. The second-order valence-electron chi connectivity index (χ2n) is 11.5. The Bertz CT molecular complexity index is 1940. The summed E-state index contributed by atoms with van der Waals surface area (Å²) in [5, 5.41) is 24.3. The highest BCUT2D eigenvalue weighted by atomic mass is 19.4. The number of nitrogens with one attached hydrogen (secondary N) is 1. The van der Waals surface area contributed by atoms with Gasteiger partial charge in [-0.05, 0) is 75.4 Å². The van der Waals surface area contributed by atoms with Gasteiger partial charge in [0.1, 0.15) is 28.9 Å². The molecule has 260 valence electrons. The zero-order valence-electron chi connectivity index (χ0n) is 26.4. The van der Waals surface area contributed by atoms with E-state index in [9.17, 15) is 37.8 Å². The van der Waals surface area contributed by atoms with Crippen molar-refractivity contribution in [2.75, 3.05) is 12.4 Å². The van der Waals surface area contributed by atoms with Crippen LogP contribution in [0.15, 0.2) is 69.9 Å². The van der Waals surface area contributed by atoms with Crippen LogP contribution in [0.5, 0.6) is 23.0 Å². The molecule has 13 nitrogen and oxygen atoms in total. The van der Waals surface area contributed by atoms with Crippen LogP contribution in [-0.4, -0.2) is 59.5 Å². The Morgan fingerprint density at radius 3 is 2.37 bits per heavy atom. The number of hydrogen-bond acceptors (Lipinski definition) is 11. The molecule has 0 unspecified atom stereocenters. The Balaban J connectivity index is 1.36. The fourth-order valence-electron chi connectivity index (χ4n) is 5.41. The first-order chi connectivity index (χ1) is 23.0. The Morgan fingerprint density at radius 2 is 1.73 bits per heavy atom. The molecule has 0 bridgehead atoms. The number of alkyl halides is 3. The molecule has 1 saturated heterocycles. The van der Waals surface area contributed by atoms with Crippen LogP contribution in [0.2, 0.25) is 0 Å². The van der Waals surface area contributed by atoms with Crippen LogP contribution < -0.4 is 26.1 Å². The Labute approximate surface area is 275 Å². The lowest BCUT2D eigenvalue weighted by Gasteiger charge is -2.47. The second-order valence-corrected chi connectivity index (χ2v) is 11.5. The van der Waals surface area contributed by atoms with Gasteiger partial charge in [-0.2, -0.15) is 13.2 Å². The van der Waals surface area contributed by atoms with E-state index >= 15 is 0 Å². The highest BCUT2D eigenvalue weighted by Crippen LogP contribution is 2.39. The number of amides is 2. The van der Waals surface area contributed by atoms with Gasteiger partial charge in [-0.1, -0.05) is 6.07 Å². The van der Waals surface area contributed by atoms with Gasteiger partial charge in [0, 0.05) is 18.2 Å². The number of carbonyl (C=O) groups excluding carboxylic acids is 2. The van der Waals surface area contributed by atoms with Gasteiger partial charge in [0.05, 0.1) is 16.6 Å². The monoisotopic (exact) mass is 688 g/mol. The van der Waals surface area contributed by atoms with Crippen molar-refractivity contribution in [3.8, 4) is 23.0 Å². The first-order valence-electron chi connectivity index (χ1n) is 14.6. The molecule has 16 heteroatoms. The van der Waals surface area contributed by atoms with E-state index in [4.69, 9.17) is 33.8 Å². The summed E-state index contributed by atoms with van der Waals surface area (Å²) >= 11 is 0. The standard InChI is InChI=1S/C33H31F3N2O11/c1-15-21(46-30-24(40)26(48-31(37)43)27(44-4)32(2,3)49-30)13-12-20-23(39)22(29(42)47-25(15)20)38-28(41)16-6-5-7-19(14-16)45-18-10-8-17(9-11-18)33(34,35)36/h5-14,24,26-27,30,39-40H,1-4H3,(H2,37,43)(H,38,41)/t24-,26+,27-,30-/m1/s1. The molecule has 0 aliphatic carbocycles. The Morgan fingerprint density at radius 1 is 1.04 bits per heavy atom. The molecule has 5 rings (SSSR count). The average molecular weight is 689 g/mol. The van der Waals surface area contributed by atoms with Gasteiger partial charge in [0.25, 0.3) is 5.91 Å². The number of aliphatic hydroxyl groups excluding tert-OH is 1. The number of aliphatic hydroxyl groups is 1. The van der Waals surface area contributed by atoms with Gasteiger partial charge in [0.2, 0.25) is 6.29 Å². The molecule has 1 aromatic heterocycles. The van der Waals surface area contributed by atoms with Gasteiger partial charge in [-0.3, -0.25) is 4.79 Å². The first-order valence-corrected chi connectivity index (χ1v) is 14.6. The van der Waals surface area contributed by atoms with Crippen molar-refractivity contribution in [1.82, 2.24) is 0 Å². The van der Waals surface area contributed by atoms with E-state index in [1.165, 1.54) is 50.4 Å². The number of halogens is 3. The van der Waals surface area contributed by atoms with Crippen LogP contribution in [0.3, 0.4) is 0 Å². The summed E-state index contributed by atoms with van der Waals surface area (Å²) in [7, 11) is 1.35. The van der Waals surface area contributed by atoms with E-state index in [1.54, 1.807) is 13.8 Å². The summed E-state index contributed by atoms with van der Waals surface area (Å²) in [5.74, 6) is -1.16. The van der Waals surface area contributed by atoms with Crippen molar-refractivity contribution < 1.29 is 61.1 Å². The summed E-state index contributed by atoms with van der Waals surface area (Å²) in [6.45, 7) is 4.77. The molecule has 1 fully saturated rings. The molecule has 49 heavy (non-hydrogen) atoms. The second kappa shape index (κ2) is 13.3. The number of carbonyl (C=O) groups is 2. The van der Waals surface area contributed by atoms with Gasteiger partial charge in [-0.15, -0.1) is 0 Å². The van der Waals surface area contributed by atoms with Gasteiger partial charge in [0.15, 0.2) is 23.6 Å². The van der Waals surface area contributed by atoms with Gasteiger partial charge >= 0.3 is 17.9 Å². The lowest BCUT2D eigenvalue weighted by Crippen LogP contribution is -2.65. The van der Waals surface area contributed by atoms with E-state index < -0.39 is 71.0 Å². The molecule has 4 atom stereocenters. The third-order valence-electron chi connectivity index (χ3n) is 7.77. The fraction of sp³-hybridized carbons (Fsp3) is 0.303. The van der Waals surface area contributed by atoms with E-state index in [0.29, 0.717) is 0 Å². The normalized spacial score (nSPS) is 20.4. The van der Waals surface area contributed by atoms with Crippen LogP contribution in [0.1, 0.15) is 35.3 Å². The summed E-state index contributed by atoms with van der Waals surface area (Å²) < 4.78 is 72.0. The molecule has 5 N–H and O–H groups in total. The minimum Gasteiger partial charge on any atom is -0.505 e. The topological polar surface area (TPSA) is 189 Å². The van der Waals surface area contributed by atoms with Crippen molar-refractivity contribution in [2.24, 2.45) is 5.73 Å². The number of aromatic hydroxyl groups is 1. The molecule has 0 spiro atoms. The zero-order chi connectivity index (χ0) is 35.8. The summed E-state index contributed by atoms with van der Waals surface area (Å²) in [4.78, 5) is 37.6. The predicted molar refractivity (Wildman–Crippen MR) is 166 cm³/mol. The molecule has 2 heterocycles. The van der Waals surface area contributed by atoms with Crippen LogP contribution in [0, 0.1) is 6.92 Å². The van der Waals surface area contributed by atoms with Crippen molar-refractivity contribution in [1.29, 1.82) is 0 Å². The highest BCUT2D eigenvalue weighted by molar-refractivity contribution is 6.06. The molecule has 2 amide bonds. The van der Waals surface area contributed by atoms with E-state index in [2.05, 4.69) is 5.32 Å². The number of fused-ring (bicyclic) bond motifs is 1. The van der Waals surface area contributed by atoms with Crippen LogP contribution >= 0.6 is 0 Å². The number of hydrogen-bond donors (Lipinski definition) is 4. The van der Waals surface area contributed by atoms with Crippen LogP contribution in [-0.2, 0) is 20.4 Å². The number of anilines is 1.